The number of hydrogen-bond acceptors (Lipinski definition) is 13. The molecular formula is C28H46N4O9. The van der Waals surface area contributed by atoms with Gasteiger partial charge in [-0.1, -0.05) is 12.1 Å². The molecule has 0 spiro atoms. The number of nitrogens with zero attached hydrogens (tertiary/aromatic N) is 2. The van der Waals surface area contributed by atoms with E-state index in [9.17, 15) is 15.0 Å². The van der Waals surface area contributed by atoms with Crippen LogP contribution in [0, 0.1) is 0 Å². The van der Waals surface area contributed by atoms with E-state index >= 15 is 0 Å². The van der Waals surface area contributed by atoms with E-state index in [1.807, 2.05) is 47.5 Å². The third-order valence-corrected chi connectivity index (χ3v) is 6.52. The van der Waals surface area contributed by atoms with Gasteiger partial charge < -0.3 is 49.2 Å². The zero-order chi connectivity index (χ0) is 29.3. The smallest absolute Gasteiger partial charge is 0.160 e. The molecule has 41 heavy (non-hydrogen) atoms. The predicted octanol–water partition coefficient (Wildman–Crippen LogP) is -0.0427. The second-order valence-electron chi connectivity index (χ2n) is 9.92. The number of benzene rings is 1. The Kier molecular flexibility index (Phi) is 15.4. The van der Waals surface area contributed by atoms with Gasteiger partial charge in [-0.3, -0.25) is 10.0 Å². The molecule has 1 saturated heterocycles. The number of rotatable bonds is 21. The Balaban J connectivity index is 1.12. The van der Waals surface area contributed by atoms with Crippen molar-refractivity contribution in [2.24, 2.45) is 5.73 Å². The van der Waals surface area contributed by atoms with Crippen molar-refractivity contribution in [2.75, 3.05) is 73.1 Å². The zero-order valence-electron chi connectivity index (χ0n) is 23.9. The van der Waals surface area contributed by atoms with Gasteiger partial charge in [-0.2, -0.15) is 0 Å². The van der Waals surface area contributed by atoms with Gasteiger partial charge in [0.15, 0.2) is 6.29 Å². The molecule has 0 saturated carbocycles. The fourth-order valence-electron chi connectivity index (χ4n) is 4.30. The van der Waals surface area contributed by atoms with E-state index in [1.165, 1.54) is 0 Å². The molecule has 1 aromatic carbocycles. The summed E-state index contributed by atoms with van der Waals surface area (Å²) in [5.74, 6) is 0.767. The molecule has 232 valence electrons. The highest BCUT2D eigenvalue weighted by Gasteiger charge is 2.28. The summed E-state index contributed by atoms with van der Waals surface area (Å²) in [6.07, 6.45) is 3.35. The summed E-state index contributed by atoms with van der Waals surface area (Å²) < 4.78 is 33.7. The maximum Gasteiger partial charge on any atom is 0.160 e. The summed E-state index contributed by atoms with van der Waals surface area (Å²) in [5, 5.41) is 22.8. The molecule has 0 radical (unpaired) electrons. The summed E-state index contributed by atoms with van der Waals surface area (Å²) in [6, 6.07) is 7.30. The number of nitrogens with one attached hydrogen (secondary N) is 1. The lowest BCUT2D eigenvalue weighted by atomic mass is 10.1. The van der Waals surface area contributed by atoms with Gasteiger partial charge in [-0.05, 0) is 24.1 Å². The van der Waals surface area contributed by atoms with Crippen molar-refractivity contribution in [2.45, 2.75) is 50.2 Å². The van der Waals surface area contributed by atoms with E-state index in [-0.39, 0.29) is 12.7 Å². The van der Waals surface area contributed by atoms with Gasteiger partial charge in [0.25, 0.3) is 0 Å². The first-order valence-electron chi connectivity index (χ1n) is 14.2. The molecule has 2 aliphatic heterocycles. The lowest BCUT2D eigenvalue weighted by Gasteiger charge is -2.32. The van der Waals surface area contributed by atoms with Crippen molar-refractivity contribution >= 4 is 6.29 Å². The quantitative estimate of drug-likeness (QED) is 0.113. The summed E-state index contributed by atoms with van der Waals surface area (Å²) in [5.41, 5.74) is 10.9. The molecule has 2 heterocycles. The van der Waals surface area contributed by atoms with Gasteiger partial charge in [-0.15, -0.1) is 5.53 Å². The Bertz CT molecular complexity index is 892. The molecule has 13 heteroatoms. The van der Waals surface area contributed by atoms with Crippen LogP contribution in [0.15, 0.2) is 36.2 Å². The SMILES string of the molecule is CN1NN(CCOCCOCCOCCOc2ccc(CCOC3CC(O)CC(CO)O3)cc2)C=C1CC(N)C=O. The first-order valence-corrected chi connectivity index (χ1v) is 14.2. The maximum atomic E-state index is 10.7. The highest BCUT2D eigenvalue weighted by molar-refractivity contribution is 5.57. The van der Waals surface area contributed by atoms with Gasteiger partial charge in [0.2, 0.25) is 0 Å². The lowest BCUT2D eigenvalue weighted by Crippen LogP contribution is -2.40. The average molecular weight is 583 g/mol. The maximum absolute atomic E-state index is 10.7. The average Bonchev–Trinajstić information content (AvgIpc) is 3.32. The monoisotopic (exact) mass is 582 g/mol. The van der Waals surface area contributed by atoms with Gasteiger partial charge >= 0.3 is 0 Å². The van der Waals surface area contributed by atoms with Crippen molar-refractivity contribution < 1.29 is 43.4 Å². The third-order valence-electron chi connectivity index (χ3n) is 6.52. The Morgan fingerprint density at radius 2 is 1.73 bits per heavy atom. The molecule has 1 aromatic rings. The van der Waals surface area contributed by atoms with E-state index in [4.69, 9.17) is 34.2 Å². The second kappa shape index (κ2) is 19.0. The first-order chi connectivity index (χ1) is 20.0. The molecule has 0 aromatic heterocycles. The molecule has 5 N–H and O–H groups in total. The molecule has 3 rings (SSSR count). The lowest BCUT2D eigenvalue weighted by molar-refractivity contribution is -0.221. The van der Waals surface area contributed by atoms with Gasteiger partial charge in [0, 0.05) is 32.5 Å². The minimum absolute atomic E-state index is 0.119. The fourth-order valence-corrected chi connectivity index (χ4v) is 4.30. The molecule has 1 fully saturated rings. The number of aliphatic hydroxyl groups is 2. The minimum Gasteiger partial charge on any atom is -0.491 e. The number of ether oxygens (including phenoxy) is 6. The van der Waals surface area contributed by atoms with Crippen molar-refractivity contribution in [3.8, 4) is 5.75 Å². The number of hydrazine groups is 2. The second-order valence-corrected chi connectivity index (χ2v) is 9.92. The Hall–Kier alpha value is -2.33. The standard InChI is InChI=1S/C28H46N4O9/c1-31-24(16-23(29)20-33)19-32(30-31)7-9-36-10-11-37-12-13-38-14-15-39-26-4-2-22(3-5-26)6-8-40-28-18-25(35)17-27(21-34)41-28/h2-5,19-20,23,25,27-28,30,34-35H,6-18,21,29H2,1H3. The van der Waals surface area contributed by atoms with Crippen LogP contribution in [0.5, 0.6) is 5.75 Å². The fraction of sp³-hybridized carbons (Fsp3) is 0.679. The highest BCUT2D eigenvalue weighted by atomic mass is 16.7. The predicted molar refractivity (Wildman–Crippen MR) is 149 cm³/mol. The Morgan fingerprint density at radius 1 is 1.05 bits per heavy atom. The van der Waals surface area contributed by atoms with Crippen LogP contribution in [0.25, 0.3) is 0 Å². The summed E-state index contributed by atoms with van der Waals surface area (Å²) >= 11 is 0. The van der Waals surface area contributed by atoms with Gasteiger partial charge in [0.05, 0.1) is 83.3 Å². The molecule has 13 nitrogen and oxygen atoms in total. The van der Waals surface area contributed by atoms with Gasteiger partial charge in [0.1, 0.15) is 18.6 Å². The van der Waals surface area contributed by atoms with Crippen LogP contribution >= 0.6 is 0 Å². The number of carbonyl (C=O) groups excluding carboxylic acids is 1. The summed E-state index contributed by atoms with van der Waals surface area (Å²) in [7, 11) is 1.88. The van der Waals surface area contributed by atoms with Crippen LogP contribution in [-0.4, -0.2) is 124 Å². The Labute approximate surface area is 242 Å². The van der Waals surface area contributed by atoms with Gasteiger partial charge in [-0.25, -0.2) is 0 Å². The van der Waals surface area contributed by atoms with Crippen molar-refractivity contribution in [1.82, 2.24) is 15.6 Å². The zero-order valence-corrected chi connectivity index (χ0v) is 23.9. The molecular weight excluding hydrogens is 536 g/mol. The minimum atomic E-state index is -0.509. The Morgan fingerprint density at radius 3 is 2.41 bits per heavy atom. The van der Waals surface area contributed by atoms with E-state index in [0.717, 1.165) is 23.3 Å². The van der Waals surface area contributed by atoms with E-state index in [1.54, 1.807) is 0 Å². The van der Waals surface area contributed by atoms with Crippen LogP contribution < -0.4 is 16.0 Å². The molecule has 4 unspecified atom stereocenters. The highest BCUT2D eigenvalue weighted by Crippen LogP contribution is 2.21. The van der Waals surface area contributed by atoms with Crippen molar-refractivity contribution in [1.29, 1.82) is 0 Å². The van der Waals surface area contributed by atoms with E-state index in [2.05, 4.69) is 5.53 Å². The number of hydrogen-bond donors (Lipinski definition) is 4. The van der Waals surface area contributed by atoms with Crippen LogP contribution in [-0.2, 0) is 34.9 Å². The normalized spacial score (nSPS) is 21.7. The molecule has 4 atom stereocenters. The third kappa shape index (κ3) is 13.0. The number of aliphatic hydroxyl groups excluding tert-OH is 2. The number of carbonyl (C=O) groups is 1. The van der Waals surface area contributed by atoms with Crippen molar-refractivity contribution in [3.05, 3.63) is 41.7 Å². The molecule has 0 bridgehead atoms. The molecule has 0 aliphatic carbocycles. The molecule has 0 amide bonds. The molecule has 2 aliphatic rings. The van der Waals surface area contributed by atoms with Crippen molar-refractivity contribution in [3.63, 3.8) is 0 Å². The summed E-state index contributed by atoms with van der Waals surface area (Å²) in [6.45, 7) is 4.36. The number of aldehydes is 1. The van der Waals surface area contributed by atoms with E-state index in [0.29, 0.717) is 85.1 Å². The van der Waals surface area contributed by atoms with Crippen LogP contribution in [0.2, 0.25) is 0 Å². The first kappa shape index (κ1) is 33.2. The van der Waals surface area contributed by atoms with Crippen LogP contribution in [0.4, 0.5) is 0 Å². The van der Waals surface area contributed by atoms with Crippen LogP contribution in [0.3, 0.4) is 0 Å². The topological polar surface area (TPSA) is 157 Å². The number of nitrogens with two attached hydrogens (primary N) is 1. The van der Waals surface area contributed by atoms with E-state index < -0.39 is 18.4 Å². The van der Waals surface area contributed by atoms with Crippen LogP contribution in [0.1, 0.15) is 24.8 Å². The summed E-state index contributed by atoms with van der Waals surface area (Å²) in [4.78, 5) is 10.7. The largest absolute Gasteiger partial charge is 0.491 e.